The van der Waals surface area contributed by atoms with Gasteiger partial charge < -0.3 is 9.57 Å². The Bertz CT molecular complexity index is 140. The van der Waals surface area contributed by atoms with Gasteiger partial charge in [-0.05, 0) is 0 Å². The molecule has 0 unspecified atom stereocenters. The SMILES string of the molecule is C=CC(=O)ON1CCOC1. The second-order valence-corrected chi connectivity index (χ2v) is 1.86. The van der Waals surface area contributed by atoms with Crippen LogP contribution in [0.2, 0.25) is 0 Å². The molecule has 4 nitrogen and oxygen atoms in total. The smallest absolute Gasteiger partial charge is 0.349 e. The van der Waals surface area contributed by atoms with Crippen LogP contribution >= 0.6 is 0 Å². The lowest BCUT2D eigenvalue weighted by Crippen LogP contribution is -2.23. The van der Waals surface area contributed by atoms with Crippen molar-refractivity contribution in [2.75, 3.05) is 19.9 Å². The van der Waals surface area contributed by atoms with E-state index in [1.165, 1.54) is 5.06 Å². The van der Waals surface area contributed by atoms with Crippen LogP contribution < -0.4 is 0 Å². The van der Waals surface area contributed by atoms with E-state index in [4.69, 9.17) is 9.57 Å². The molecule has 0 aromatic heterocycles. The summed E-state index contributed by atoms with van der Waals surface area (Å²) in [6.07, 6.45) is 1.12. The number of carbonyl (C=O) groups excluding carboxylic acids is 1. The number of carbonyl (C=O) groups is 1. The highest BCUT2D eigenvalue weighted by atomic mass is 16.7. The van der Waals surface area contributed by atoms with Crippen LogP contribution in [-0.4, -0.2) is 30.9 Å². The van der Waals surface area contributed by atoms with Crippen LogP contribution in [0.4, 0.5) is 0 Å². The van der Waals surface area contributed by atoms with Crippen LogP contribution in [-0.2, 0) is 14.4 Å². The Morgan fingerprint density at radius 2 is 2.60 bits per heavy atom. The van der Waals surface area contributed by atoms with Crippen molar-refractivity contribution in [1.29, 1.82) is 0 Å². The Morgan fingerprint density at radius 3 is 3.10 bits per heavy atom. The Hall–Kier alpha value is -0.870. The maximum atomic E-state index is 10.5. The van der Waals surface area contributed by atoms with Crippen LogP contribution in [0.25, 0.3) is 0 Å². The zero-order valence-electron chi connectivity index (χ0n) is 5.58. The van der Waals surface area contributed by atoms with Gasteiger partial charge in [0.1, 0.15) is 6.73 Å². The van der Waals surface area contributed by atoms with E-state index in [-0.39, 0.29) is 0 Å². The molecular weight excluding hydrogens is 134 g/mol. The fraction of sp³-hybridized carbons (Fsp3) is 0.500. The highest BCUT2D eigenvalue weighted by Crippen LogP contribution is 1.99. The third-order valence-corrected chi connectivity index (χ3v) is 1.11. The molecule has 0 saturated carbocycles. The summed E-state index contributed by atoms with van der Waals surface area (Å²) in [5.41, 5.74) is 0. The summed E-state index contributed by atoms with van der Waals surface area (Å²) in [6, 6.07) is 0. The number of rotatable bonds is 2. The first-order chi connectivity index (χ1) is 4.83. The Kier molecular flexibility index (Phi) is 2.42. The molecular formula is C6H9NO3. The molecule has 0 aliphatic carbocycles. The third-order valence-electron chi connectivity index (χ3n) is 1.11. The Labute approximate surface area is 59.0 Å². The van der Waals surface area contributed by atoms with Crippen LogP contribution in [0.15, 0.2) is 12.7 Å². The fourth-order valence-corrected chi connectivity index (χ4v) is 0.634. The first-order valence-corrected chi connectivity index (χ1v) is 3.00. The summed E-state index contributed by atoms with van der Waals surface area (Å²) in [7, 11) is 0. The van der Waals surface area contributed by atoms with Gasteiger partial charge in [-0.15, -0.1) is 5.06 Å². The van der Waals surface area contributed by atoms with Gasteiger partial charge in [-0.3, -0.25) is 0 Å². The van der Waals surface area contributed by atoms with Crippen molar-refractivity contribution in [3.05, 3.63) is 12.7 Å². The number of hydroxylamine groups is 2. The van der Waals surface area contributed by atoms with Gasteiger partial charge in [0.2, 0.25) is 0 Å². The quantitative estimate of drug-likeness (QED) is 0.507. The molecule has 0 spiro atoms. The van der Waals surface area contributed by atoms with E-state index in [2.05, 4.69) is 6.58 Å². The topological polar surface area (TPSA) is 38.8 Å². The molecule has 1 rings (SSSR count). The van der Waals surface area contributed by atoms with Crippen molar-refractivity contribution < 1.29 is 14.4 Å². The molecule has 1 aliphatic heterocycles. The molecule has 1 fully saturated rings. The predicted molar refractivity (Wildman–Crippen MR) is 33.8 cm³/mol. The number of hydrogen-bond donors (Lipinski definition) is 0. The summed E-state index contributed by atoms with van der Waals surface area (Å²) in [4.78, 5) is 15.2. The zero-order valence-corrected chi connectivity index (χ0v) is 5.58. The minimum Gasteiger partial charge on any atom is -0.362 e. The summed E-state index contributed by atoms with van der Waals surface area (Å²) in [6.45, 7) is 4.88. The van der Waals surface area contributed by atoms with E-state index in [1.54, 1.807) is 0 Å². The molecule has 0 aromatic rings. The van der Waals surface area contributed by atoms with Crippen LogP contribution in [0.1, 0.15) is 0 Å². The maximum absolute atomic E-state index is 10.5. The molecule has 1 heterocycles. The van der Waals surface area contributed by atoms with Gasteiger partial charge in [-0.1, -0.05) is 6.58 Å². The first kappa shape index (κ1) is 7.24. The van der Waals surface area contributed by atoms with E-state index in [9.17, 15) is 4.79 Å². The van der Waals surface area contributed by atoms with Gasteiger partial charge in [0, 0.05) is 6.08 Å². The molecule has 4 heteroatoms. The fourth-order valence-electron chi connectivity index (χ4n) is 0.634. The van der Waals surface area contributed by atoms with E-state index in [0.29, 0.717) is 19.9 Å². The van der Waals surface area contributed by atoms with Crippen molar-refractivity contribution in [3.63, 3.8) is 0 Å². The molecule has 0 bridgehead atoms. The van der Waals surface area contributed by atoms with Gasteiger partial charge in [0.15, 0.2) is 0 Å². The molecule has 56 valence electrons. The van der Waals surface area contributed by atoms with Crippen LogP contribution in [0.5, 0.6) is 0 Å². The van der Waals surface area contributed by atoms with Crippen LogP contribution in [0.3, 0.4) is 0 Å². The summed E-state index contributed by atoms with van der Waals surface area (Å²) in [5, 5.41) is 1.45. The Balaban J connectivity index is 2.23. The first-order valence-electron chi connectivity index (χ1n) is 3.00. The molecule has 0 N–H and O–H groups in total. The third kappa shape index (κ3) is 1.82. The van der Waals surface area contributed by atoms with Crippen molar-refractivity contribution >= 4 is 5.97 Å². The second kappa shape index (κ2) is 3.34. The standard InChI is InChI=1S/C6H9NO3/c1-2-6(8)10-7-3-4-9-5-7/h2H,1,3-5H2. The van der Waals surface area contributed by atoms with E-state index in [0.717, 1.165) is 6.08 Å². The second-order valence-electron chi connectivity index (χ2n) is 1.86. The van der Waals surface area contributed by atoms with Crippen molar-refractivity contribution in [3.8, 4) is 0 Å². The number of ether oxygens (including phenoxy) is 1. The van der Waals surface area contributed by atoms with Gasteiger partial charge in [-0.25, -0.2) is 4.79 Å². The number of nitrogens with zero attached hydrogens (tertiary/aromatic N) is 1. The van der Waals surface area contributed by atoms with Gasteiger partial charge >= 0.3 is 5.97 Å². The molecule has 1 saturated heterocycles. The van der Waals surface area contributed by atoms with Crippen LogP contribution in [0, 0.1) is 0 Å². The highest BCUT2D eigenvalue weighted by Gasteiger charge is 2.14. The number of hydrogen-bond acceptors (Lipinski definition) is 4. The Morgan fingerprint density at radius 1 is 1.80 bits per heavy atom. The van der Waals surface area contributed by atoms with Crippen molar-refractivity contribution in [2.45, 2.75) is 0 Å². The van der Waals surface area contributed by atoms with E-state index in [1.807, 2.05) is 0 Å². The van der Waals surface area contributed by atoms with Gasteiger partial charge in [0.05, 0.1) is 13.2 Å². The van der Waals surface area contributed by atoms with E-state index >= 15 is 0 Å². The molecule has 0 aromatic carbocycles. The molecule has 0 atom stereocenters. The largest absolute Gasteiger partial charge is 0.362 e. The lowest BCUT2D eigenvalue weighted by atomic mass is 10.7. The van der Waals surface area contributed by atoms with Gasteiger partial charge in [-0.2, -0.15) is 0 Å². The van der Waals surface area contributed by atoms with Gasteiger partial charge in [0.25, 0.3) is 0 Å². The maximum Gasteiger partial charge on any atom is 0.349 e. The van der Waals surface area contributed by atoms with Crippen molar-refractivity contribution in [2.24, 2.45) is 0 Å². The monoisotopic (exact) mass is 143 g/mol. The minimum atomic E-state index is -0.439. The normalized spacial score (nSPS) is 18.8. The highest BCUT2D eigenvalue weighted by molar-refractivity contribution is 5.80. The predicted octanol–water partition coefficient (Wildman–Crippen LogP) is -0.0797. The van der Waals surface area contributed by atoms with Crippen molar-refractivity contribution in [1.82, 2.24) is 5.06 Å². The average molecular weight is 143 g/mol. The minimum absolute atomic E-state index is 0.361. The molecule has 0 amide bonds. The molecule has 1 aliphatic rings. The lowest BCUT2D eigenvalue weighted by Gasteiger charge is -2.09. The average Bonchev–Trinajstić information content (AvgIpc) is 2.40. The molecule has 0 radical (unpaired) electrons. The summed E-state index contributed by atoms with van der Waals surface area (Å²) in [5.74, 6) is -0.439. The zero-order chi connectivity index (χ0) is 7.40. The lowest BCUT2D eigenvalue weighted by molar-refractivity contribution is -0.185. The van der Waals surface area contributed by atoms with E-state index < -0.39 is 5.97 Å². The summed E-state index contributed by atoms with van der Waals surface area (Å²) < 4.78 is 4.92. The summed E-state index contributed by atoms with van der Waals surface area (Å²) >= 11 is 0. The molecule has 10 heavy (non-hydrogen) atoms.